The van der Waals surface area contributed by atoms with Crippen LogP contribution in [-0.4, -0.2) is 16.5 Å². The van der Waals surface area contributed by atoms with Crippen LogP contribution in [0.25, 0.3) is 0 Å². The van der Waals surface area contributed by atoms with Gasteiger partial charge in [-0.05, 0) is 31.5 Å². The van der Waals surface area contributed by atoms with E-state index in [2.05, 4.69) is 9.97 Å². The molecule has 2 aromatic rings. The fraction of sp³-hybridized carbons (Fsp3) is 0.231. The standard InChI is InChI=1S/C13H15N3O2/c1-9-12(8-15-13(17)16-9)18-11-5-3-2-4-10(11)6-7-14/h2-5,8H,6-7,14H2,1H3,(H,15,16,17). The Morgan fingerprint density at radius 2 is 2.11 bits per heavy atom. The lowest BCUT2D eigenvalue weighted by molar-refractivity contribution is 0.466. The quantitative estimate of drug-likeness (QED) is 0.852. The highest BCUT2D eigenvalue weighted by molar-refractivity contribution is 5.38. The van der Waals surface area contributed by atoms with E-state index >= 15 is 0 Å². The average molecular weight is 245 g/mol. The van der Waals surface area contributed by atoms with E-state index in [0.29, 0.717) is 18.0 Å². The molecule has 0 saturated carbocycles. The Kier molecular flexibility index (Phi) is 3.74. The minimum Gasteiger partial charge on any atom is -0.454 e. The highest BCUT2D eigenvalue weighted by Gasteiger charge is 2.06. The van der Waals surface area contributed by atoms with Crippen LogP contribution in [0, 0.1) is 6.92 Å². The van der Waals surface area contributed by atoms with E-state index in [1.54, 1.807) is 6.92 Å². The first-order valence-electron chi connectivity index (χ1n) is 5.72. The molecule has 0 aliphatic rings. The van der Waals surface area contributed by atoms with E-state index in [1.807, 2.05) is 24.3 Å². The molecule has 18 heavy (non-hydrogen) atoms. The number of hydrogen-bond acceptors (Lipinski definition) is 4. The zero-order valence-corrected chi connectivity index (χ0v) is 10.1. The van der Waals surface area contributed by atoms with Gasteiger partial charge in [-0.15, -0.1) is 0 Å². The SMILES string of the molecule is Cc1[nH]c(=O)ncc1Oc1ccccc1CCN. The number of nitrogens with two attached hydrogens (primary N) is 1. The largest absolute Gasteiger partial charge is 0.454 e. The van der Waals surface area contributed by atoms with Crippen molar-refractivity contribution in [2.75, 3.05) is 6.54 Å². The second-order valence-corrected chi connectivity index (χ2v) is 3.93. The molecule has 1 aromatic carbocycles. The van der Waals surface area contributed by atoms with E-state index in [-0.39, 0.29) is 5.69 Å². The topological polar surface area (TPSA) is 81.0 Å². The zero-order valence-electron chi connectivity index (χ0n) is 10.1. The van der Waals surface area contributed by atoms with Crippen molar-refractivity contribution in [1.29, 1.82) is 0 Å². The molecule has 0 atom stereocenters. The molecule has 1 heterocycles. The zero-order chi connectivity index (χ0) is 13.0. The van der Waals surface area contributed by atoms with Gasteiger partial charge in [0.15, 0.2) is 5.75 Å². The summed E-state index contributed by atoms with van der Waals surface area (Å²) in [7, 11) is 0. The third kappa shape index (κ3) is 2.75. The van der Waals surface area contributed by atoms with Crippen LogP contribution in [-0.2, 0) is 6.42 Å². The minimum absolute atomic E-state index is 0.380. The van der Waals surface area contributed by atoms with Crippen molar-refractivity contribution in [3.8, 4) is 11.5 Å². The molecule has 0 unspecified atom stereocenters. The van der Waals surface area contributed by atoms with E-state index in [4.69, 9.17) is 10.5 Å². The predicted molar refractivity (Wildman–Crippen MR) is 68.9 cm³/mol. The number of aryl methyl sites for hydroxylation is 1. The van der Waals surface area contributed by atoms with Gasteiger partial charge in [0.25, 0.3) is 0 Å². The van der Waals surface area contributed by atoms with Gasteiger partial charge in [-0.25, -0.2) is 4.79 Å². The number of para-hydroxylation sites is 1. The van der Waals surface area contributed by atoms with Crippen molar-refractivity contribution >= 4 is 0 Å². The molecule has 2 rings (SSSR count). The highest BCUT2D eigenvalue weighted by Crippen LogP contribution is 2.25. The number of rotatable bonds is 4. The Morgan fingerprint density at radius 3 is 2.83 bits per heavy atom. The summed E-state index contributed by atoms with van der Waals surface area (Å²) < 4.78 is 5.76. The smallest absolute Gasteiger partial charge is 0.345 e. The summed E-state index contributed by atoms with van der Waals surface area (Å²) >= 11 is 0. The Balaban J connectivity index is 2.30. The van der Waals surface area contributed by atoms with Crippen LogP contribution >= 0.6 is 0 Å². The molecular weight excluding hydrogens is 230 g/mol. The van der Waals surface area contributed by atoms with Crippen molar-refractivity contribution in [2.24, 2.45) is 5.73 Å². The summed E-state index contributed by atoms with van der Waals surface area (Å²) in [5.74, 6) is 1.28. The third-order valence-corrected chi connectivity index (χ3v) is 2.57. The number of hydrogen-bond donors (Lipinski definition) is 2. The molecule has 94 valence electrons. The monoisotopic (exact) mass is 245 g/mol. The number of H-pyrrole nitrogens is 1. The lowest BCUT2D eigenvalue weighted by Gasteiger charge is -2.11. The highest BCUT2D eigenvalue weighted by atomic mass is 16.5. The molecule has 0 bridgehead atoms. The van der Waals surface area contributed by atoms with Gasteiger partial charge in [0, 0.05) is 0 Å². The maximum absolute atomic E-state index is 11.0. The lowest BCUT2D eigenvalue weighted by atomic mass is 10.1. The van der Waals surface area contributed by atoms with E-state index in [9.17, 15) is 4.79 Å². The fourth-order valence-electron chi connectivity index (χ4n) is 1.66. The summed E-state index contributed by atoms with van der Waals surface area (Å²) in [6.45, 7) is 2.33. The number of aromatic nitrogens is 2. The molecule has 0 saturated heterocycles. The summed E-state index contributed by atoms with van der Waals surface area (Å²) in [5.41, 5.74) is 6.86. The molecular formula is C13H15N3O2. The van der Waals surface area contributed by atoms with Gasteiger partial charge in [0.05, 0.1) is 11.9 Å². The number of aromatic amines is 1. The molecule has 5 nitrogen and oxygen atoms in total. The van der Waals surface area contributed by atoms with Crippen LogP contribution < -0.4 is 16.2 Å². The first-order chi connectivity index (χ1) is 8.70. The summed E-state index contributed by atoms with van der Waals surface area (Å²) in [6.07, 6.45) is 2.17. The molecule has 3 N–H and O–H groups in total. The molecule has 0 radical (unpaired) electrons. The number of nitrogens with one attached hydrogen (secondary N) is 1. The first-order valence-corrected chi connectivity index (χ1v) is 5.72. The third-order valence-electron chi connectivity index (χ3n) is 2.57. The number of nitrogens with zero attached hydrogens (tertiary/aromatic N) is 1. The minimum atomic E-state index is -0.380. The van der Waals surface area contributed by atoms with Gasteiger partial charge >= 0.3 is 5.69 Å². The molecule has 0 amide bonds. The van der Waals surface area contributed by atoms with Crippen molar-refractivity contribution in [2.45, 2.75) is 13.3 Å². The molecule has 0 spiro atoms. The first kappa shape index (κ1) is 12.3. The Hall–Kier alpha value is -2.14. The van der Waals surface area contributed by atoms with Crippen LogP contribution in [0.3, 0.4) is 0 Å². The Labute approximate surface area is 105 Å². The van der Waals surface area contributed by atoms with Gasteiger partial charge in [-0.2, -0.15) is 4.98 Å². The molecule has 0 fully saturated rings. The molecule has 0 aliphatic heterocycles. The predicted octanol–water partition coefficient (Wildman–Crippen LogP) is 1.37. The van der Waals surface area contributed by atoms with Crippen LogP contribution in [0.15, 0.2) is 35.3 Å². The second kappa shape index (κ2) is 5.46. The van der Waals surface area contributed by atoms with Crippen LogP contribution in [0.4, 0.5) is 0 Å². The van der Waals surface area contributed by atoms with Gasteiger partial charge in [-0.3, -0.25) is 0 Å². The Morgan fingerprint density at radius 1 is 1.33 bits per heavy atom. The van der Waals surface area contributed by atoms with E-state index < -0.39 is 0 Å². The summed E-state index contributed by atoms with van der Waals surface area (Å²) in [4.78, 5) is 17.3. The maximum Gasteiger partial charge on any atom is 0.345 e. The van der Waals surface area contributed by atoms with Crippen LogP contribution in [0.1, 0.15) is 11.3 Å². The number of benzene rings is 1. The van der Waals surface area contributed by atoms with Crippen molar-refractivity contribution in [1.82, 2.24) is 9.97 Å². The van der Waals surface area contributed by atoms with Crippen molar-refractivity contribution in [3.63, 3.8) is 0 Å². The van der Waals surface area contributed by atoms with Gasteiger partial charge in [-0.1, -0.05) is 18.2 Å². The van der Waals surface area contributed by atoms with Gasteiger partial charge in [0.2, 0.25) is 0 Å². The summed E-state index contributed by atoms with van der Waals surface area (Å²) in [5, 5.41) is 0. The van der Waals surface area contributed by atoms with Gasteiger partial charge in [0.1, 0.15) is 5.75 Å². The van der Waals surface area contributed by atoms with Crippen LogP contribution in [0.5, 0.6) is 11.5 Å². The van der Waals surface area contributed by atoms with Gasteiger partial charge < -0.3 is 15.5 Å². The lowest BCUT2D eigenvalue weighted by Crippen LogP contribution is -2.11. The normalized spacial score (nSPS) is 10.3. The average Bonchev–Trinajstić information content (AvgIpc) is 2.35. The van der Waals surface area contributed by atoms with Crippen molar-refractivity contribution < 1.29 is 4.74 Å². The number of ether oxygens (including phenoxy) is 1. The second-order valence-electron chi connectivity index (χ2n) is 3.93. The molecule has 5 heteroatoms. The van der Waals surface area contributed by atoms with E-state index in [1.165, 1.54) is 6.20 Å². The van der Waals surface area contributed by atoms with Crippen molar-refractivity contribution in [3.05, 3.63) is 52.2 Å². The van der Waals surface area contributed by atoms with E-state index in [0.717, 1.165) is 17.7 Å². The molecule has 1 aromatic heterocycles. The molecule has 0 aliphatic carbocycles. The summed E-state index contributed by atoms with van der Waals surface area (Å²) in [6, 6.07) is 7.67. The van der Waals surface area contributed by atoms with Crippen LogP contribution in [0.2, 0.25) is 0 Å². The maximum atomic E-state index is 11.0. The fourth-order valence-corrected chi connectivity index (χ4v) is 1.66. The Bertz CT molecular complexity index is 593.